The molecule has 0 saturated heterocycles. The fourth-order valence-electron chi connectivity index (χ4n) is 1.27. The Morgan fingerprint density at radius 2 is 2.17 bits per heavy atom. The van der Waals surface area contributed by atoms with Crippen molar-refractivity contribution in [3.63, 3.8) is 0 Å². The van der Waals surface area contributed by atoms with Gasteiger partial charge in [0, 0.05) is 9.50 Å². The van der Waals surface area contributed by atoms with Crippen LogP contribution in [0.25, 0.3) is 0 Å². The number of nitrogens with two attached hydrogens (primary N) is 1. The Hall–Kier alpha value is -1.66. The summed E-state index contributed by atoms with van der Waals surface area (Å²) in [5.74, 6) is -0.198. The summed E-state index contributed by atoms with van der Waals surface area (Å²) in [6.45, 7) is 0. The maximum absolute atomic E-state index is 11.9. The van der Waals surface area contributed by atoms with E-state index in [9.17, 15) is 4.79 Å². The monoisotopic (exact) mass is 326 g/mol. The van der Waals surface area contributed by atoms with E-state index in [-0.39, 0.29) is 11.5 Å². The van der Waals surface area contributed by atoms with Crippen molar-refractivity contribution in [1.29, 1.82) is 0 Å². The van der Waals surface area contributed by atoms with Gasteiger partial charge in [-0.25, -0.2) is 4.98 Å². The molecule has 3 N–H and O–H groups in total. The van der Waals surface area contributed by atoms with Crippen LogP contribution < -0.4 is 11.1 Å². The highest BCUT2D eigenvalue weighted by molar-refractivity contribution is 9.10. The molecule has 0 fully saturated rings. The van der Waals surface area contributed by atoms with Gasteiger partial charge in [-0.3, -0.25) is 9.78 Å². The maximum Gasteiger partial charge on any atom is 0.275 e. The van der Waals surface area contributed by atoms with E-state index in [0.29, 0.717) is 15.2 Å². The van der Waals surface area contributed by atoms with Gasteiger partial charge in [-0.15, -0.1) is 0 Å². The number of nitrogens with one attached hydrogen (secondary N) is 1. The quantitative estimate of drug-likeness (QED) is 0.888. The molecule has 2 aromatic rings. The van der Waals surface area contributed by atoms with E-state index in [1.54, 1.807) is 18.2 Å². The number of carbonyl (C=O) groups is 1. The average Bonchev–Trinajstić information content (AvgIpc) is 2.32. The number of anilines is 2. The number of halogens is 2. The van der Waals surface area contributed by atoms with E-state index in [0.717, 1.165) is 0 Å². The Morgan fingerprint density at radius 1 is 1.39 bits per heavy atom. The van der Waals surface area contributed by atoms with Gasteiger partial charge in [-0.1, -0.05) is 11.6 Å². The first-order chi connectivity index (χ1) is 8.56. The standard InChI is InChI=1S/C11H8BrClN4O/c12-7-3-6(13)1-2-8(7)17-11(18)9-4-15-5-10(14)16-9/h1-5H,(H2,14,16)(H,17,18). The third-order valence-electron chi connectivity index (χ3n) is 2.07. The topological polar surface area (TPSA) is 80.9 Å². The summed E-state index contributed by atoms with van der Waals surface area (Å²) in [6, 6.07) is 5.04. The minimum atomic E-state index is -0.391. The van der Waals surface area contributed by atoms with Crippen molar-refractivity contribution < 1.29 is 4.79 Å². The Balaban J connectivity index is 2.21. The van der Waals surface area contributed by atoms with E-state index < -0.39 is 5.91 Å². The van der Waals surface area contributed by atoms with Crippen molar-refractivity contribution in [3.8, 4) is 0 Å². The second-order valence-corrected chi connectivity index (χ2v) is 4.70. The van der Waals surface area contributed by atoms with Crippen LogP contribution in [0.3, 0.4) is 0 Å². The summed E-state index contributed by atoms with van der Waals surface area (Å²) in [5.41, 5.74) is 6.20. The van der Waals surface area contributed by atoms with E-state index in [1.165, 1.54) is 12.4 Å². The number of amides is 1. The summed E-state index contributed by atoms with van der Waals surface area (Å²) >= 11 is 9.11. The van der Waals surface area contributed by atoms with Gasteiger partial charge in [0.25, 0.3) is 5.91 Å². The molecule has 0 atom stereocenters. The van der Waals surface area contributed by atoms with E-state index in [1.807, 2.05) is 0 Å². The molecule has 0 unspecified atom stereocenters. The zero-order valence-corrected chi connectivity index (χ0v) is 11.4. The number of aromatic nitrogens is 2. The number of carbonyl (C=O) groups excluding carboxylic acids is 1. The first kappa shape index (κ1) is 12.8. The van der Waals surface area contributed by atoms with Gasteiger partial charge in [0.1, 0.15) is 11.5 Å². The molecule has 7 heteroatoms. The van der Waals surface area contributed by atoms with Crippen molar-refractivity contribution >= 4 is 44.9 Å². The zero-order valence-electron chi connectivity index (χ0n) is 9.02. The summed E-state index contributed by atoms with van der Waals surface area (Å²) in [4.78, 5) is 19.6. The van der Waals surface area contributed by atoms with Crippen LogP contribution in [0.2, 0.25) is 5.02 Å². The average molecular weight is 328 g/mol. The molecule has 0 aliphatic heterocycles. The molecule has 0 saturated carbocycles. The minimum absolute atomic E-state index is 0.150. The Bertz CT molecular complexity index is 605. The predicted molar refractivity (Wildman–Crippen MR) is 73.5 cm³/mol. The van der Waals surface area contributed by atoms with Crippen LogP contribution in [0.4, 0.5) is 11.5 Å². The molecule has 2 rings (SSSR count). The number of nitrogens with zero attached hydrogens (tertiary/aromatic N) is 2. The van der Waals surface area contributed by atoms with Gasteiger partial charge in [0.15, 0.2) is 0 Å². The summed E-state index contributed by atoms with van der Waals surface area (Å²) in [7, 11) is 0. The molecule has 5 nitrogen and oxygen atoms in total. The van der Waals surface area contributed by atoms with Crippen LogP contribution in [-0.4, -0.2) is 15.9 Å². The lowest BCUT2D eigenvalue weighted by Crippen LogP contribution is -2.15. The lowest BCUT2D eigenvalue weighted by molar-refractivity contribution is 0.102. The Labute approximate surface area is 117 Å². The van der Waals surface area contributed by atoms with Crippen LogP contribution in [-0.2, 0) is 0 Å². The number of rotatable bonds is 2. The minimum Gasteiger partial charge on any atom is -0.382 e. The van der Waals surface area contributed by atoms with Crippen molar-refractivity contribution in [1.82, 2.24) is 9.97 Å². The third kappa shape index (κ3) is 2.96. The highest BCUT2D eigenvalue weighted by Crippen LogP contribution is 2.26. The van der Waals surface area contributed by atoms with Crippen LogP contribution in [0, 0.1) is 0 Å². The fourth-order valence-corrected chi connectivity index (χ4v) is 2.05. The Morgan fingerprint density at radius 3 is 2.83 bits per heavy atom. The molecule has 1 heterocycles. The van der Waals surface area contributed by atoms with Gasteiger partial charge >= 0.3 is 0 Å². The number of nitrogen functional groups attached to an aromatic ring is 1. The molecule has 1 aromatic heterocycles. The van der Waals surface area contributed by atoms with Gasteiger partial charge < -0.3 is 11.1 Å². The highest BCUT2D eigenvalue weighted by Gasteiger charge is 2.10. The van der Waals surface area contributed by atoms with Crippen molar-refractivity contribution in [2.24, 2.45) is 0 Å². The van der Waals surface area contributed by atoms with E-state index in [2.05, 4.69) is 31.2 Å². The van der Waals surface area contributed by atoms with Gasteiger partial charge in [-0.05, 0) is 34.1 Å². The second kappa shape index (κ2) is 5.32. The van der Waals surface area contributed by atoms with E-state index in [4.69, 9.17) is 17.3 Å². The van der Waals surface area contributed by atoms with E-state index >= 15 is 0 Å². The van der Waals surface area contributed by atoms with Crippen LogP contribution in [0.15, 0.2) is 35.1 Å². The Kier molecular flexibility index (Phi) is 3.78. The molecule has 0 aliphatic carbocycles. The van der Waals surface area contributed by atoms with Crippen LogP contribution in [0.5, 0.6) is 0 Å². The number of hydrogen-bond donors (Lipinski definition) is 2. The first-order valence-electron chi connectivity index (χ1n) is 4.90. The van der Waals surface area contributed by atoms with Crippen LogP contribution >= 0.6 is 27.5 Å². The maximum atomic E-state index is 11.9. The SMILES string of the molecule is Nc1cncc(C(=O)Nc2ccc(Cl)cc2Br)n1. The summed E-state index contributed by atoms with van der Waals surface area (Å²) in [5, 5.41) is 3.25. The molecule has 1 aromatic carbocycles. The van der Waals surface area contributed by atoms with Gasteiger partial charge in [0.2, 0.25) is 0 Å². The normalized spacial score (nSPS) is 10.1. The lowest BCUT2D eigenvalue weighted by atomic mass is 10.3. The molecule has 18 heavy (non-hydrogen) atoms. The molecule has 92 valence electrons. The zero-order chi connectivity index (χ0) is 13.1. The van der Waals surface area contributed by atoms with Crippen molar-refractivity contribution in [2.45, 2.75) is 0 Å². The van der Waals surface area contributed by atoms with Gasteiger partial charge in [0.05, 0.1) is 18.1 Å². The number of benzene rings is 1. The summed E-state index contributed by atoms with van der Waals surface area (Å²) in [6.07, 6.45) is 2.71. The predicted octanol–water partition coefficient (Wildman–Crippen LogP) is 2.73. The van der Waals surface area contributed by atoms with Crippen molar-refractivity contribution in [3.05, 3.63) is 45.8 Å². The fraction of sp³-hybridized carbons (Fsp3) is 0. The molecule has 0 radical (unpaired) electrons. The molecule has 0 bridgehead atoms. The molecule has 1 amide bonds. The second-order valence-electron chi connectivity index (χ2n) is 3.41. The molecule has 0 spiro atoms. The summed E-state index contributed by atoms with van der Waals surface area (Å²) < 4.78 is 0.681. The third-order valence-corrected chi connectivity index (χ3v) is 2.96. The first-order valence-corrected chi connectivity index (χ1v) is 6.07. The van der Waals surface area contributed by atoms with Crippen LogP contribution in [0.1, 0.15) is 10.5 Å². The van der Waals surface area contributed by atoms with Gasteiger partial charge in [-0.2, -0.15) is 0 Å². The molecular weight excluding hydrogens is 320 g/mol. The lowest BCUT2D eigenvalue weighted by Gasteiger charge is -2.07. The largest absolute Gasteiger partial charge is 0.382 e. The number of hydrogen-bond acceptors (Lipinski definition) is 4. The molecule has 0 aliphatic rings. The van der Waals surface area contributed by atoms with Crippen molar-refractivity contribution in [2.75, 3.05) is 11.1 Å². The smallest absolute Gasteiger partial charge is 0.275 e. The highest BCUT2D eigenvalue weighted by atomic mass is 79.9. The molecular formula is C11H8BrClN4O.